The molecule has 1 N–H and O–H groups in total. The number of nitrogens with zero attached hydrogens (tertiary/aromatic N) is 1. The fraction of sp³-hybridized carbons (Fsp3) is 0.120. The van der Waals surface area contributed by atoms with Crippen LogP contribution < -0.4 is 19.7 Å². The maximum absolute atomic E-state index is 13.4. The molecule has 0 unspecified atom stereocenters. The first-order valence-corrected chi connectivity index (χ1v) is 10.4. The maximum Gasteiger partial charge on any atom is 0.282 e. The van der Waals surface area contributed by atoms with Gasteiger partial charge in [-0.25, -0.2) is 4.90 Å². The van der Waals surface area contributed by atoms with Gasteiger partial charge >= 0.3 is 0 Å². The number of hydrogen-bond donors (Lipinski definition) is 1. The van der Waals surface area contributed by atoms with Crippen LogP contribution in [0.2, 0.25) is 5.02 Å². The number of hydrogen-bond acceptors (Lipinski definition) is 5. The molecular formula is C25H21ClN2O4. The summed E-state index contributed by atoms with van der Waals surface area (Å²) in [6, 6.07) is 20.8. The number of carbonyl (C=O) groups is 2. The molecule has 7 heteroatoms. The average Bonchev–Trinajstić information content (AvgIpc) is 3.04. The van der Waals surface area contributed by atoms with Crippen molar-refractivity contribution in [2.45, 2.75) is 6.92 Å². The van der Waals surface area contributed by atoms with Gasteiger partial charge in [0, 0.05) is 16.8 Å². The zero-order valence-corrected chi connectivity index (χ0v) is 18.3. The van der Waals surface area contributed by atoms with Crippen molar-refractivity contribution in [3.63, 3.8) is 0 Å². The van der Waals surface area contributed by atoms with E-state index in [1.165, 1.54) is 0 Å². The fourth-order valence-electron chi connectivity index (χ4n) is 3.47. The molecule has 0 bridgehead atoms. The Morgan fingerprint density at radius 1 is 0.906 bits per heavy atom. The summed E-state index contributed by atoms with van der Waals surface area (Å²) >= 11 is 6.03. The highest BCUT2D eigenvalue weighted by Gasteiger charge is 2.40. The molecule has 0 saturated carbocycles. The lowest BCUT2D eigenvalue weighted by Gasteiger charge is -2.16. The number of halogens is 1. The zero-order chi connectivity index (χ0) is 22.7. The van der Waals surface area contributed by atoms with E-state index in [0.717, 1.165) is 4.90 Å². The summed E-state index contributed by atoms with van der Waals surface area (Å²) in [4.78, 5) is 28.0. The molecule has 0 aromatic heterocycles. The quantitative estimate of drug-likeness (QED) is 0.506. The van der Waals surface area contributed by atoms with Gasteiger partial charge in [0.05, 0.1) is 25.0 Å². The van der Waals surface area contributed by atoms with Crippen molar-refractivity contribution >= 4 is 40.4 Å². The third-order valence-corrected chi connectivity index (χ3v) is 5.21. The van der Waals surface area contributed by atoms with Crippen molar-refractivity contribution in [1.29, 1.82) is 0 Å². The number of carbonyl (C=O) groups excluding carboxylic acids is 2. The summed E-state index contributed by atoms with van der Waals surface area (Å²) in [7, 11) is 1.56. The number of amides is 2. The van der Waals surface area contributed by atoms with Crippen molar-refractivity contribution in [3.05, 3.63) is 89.1 Å². The second-order valence-corrected chi connectivity index (χ2v) is 7.42. The van der Waals surface area contributed by atoms with Crippen LogP contribution in [0.4, 0.5) is 11.4 Å². The van der Waals surface area contributed by atoms with Crippen molar-refractivity contribution in [2.24, 2.45) is 0 Å². The normalized spacial score (nSPS) is 13.5. The Morgan fingerprint density at radius 3 is 2.28 bits per heavy atom. The lowest BCUT2D eigenvalue weighted by Crippen LogP contribution is -2.32. The van der Waals surface area contributed by atoms with Crippen LogP contribution in [0.15, 0.2) is 78.5 Å². The van der Waals surface area contributed by atoms with Crippen molar-refractivity contribution < 1.29 is 19.1 Å². The van der Waals surface area contributed by atoms with Gasteiger partial charge in [0.15, 0.2) is 0 Å². The molecule has 1 aliphatic heterocycles. The molecular weight excluding hydrogens is 428 g/mol. The van der Waals surface area contributed by atoms with E-state index in [2.05, 4.69) is 5.32 Å². The maximum atomic E-state index is 13.4. The van der Waals surface area contributed by atoms with Crippen LogP contribution in [0.5, 0.6) is 11.5 Å². The molecule has 0 atom stereocenters. The molecule has 0 saturated heterocycles. The summed E-state index contributed by atoms with van der Waals surface area (Å²) in [6.07, 6.45) is 0. The van der Waals surface area contributed by atoms with Crippen molar-refractivity contribution in [1.82, 2.24) is 0 Å². The molecule has 3 aromatic rings. The van der Waals surface area contributed by atoms with Gasteiger partial charge in [-0.3, -0.25) is 9.59 Å². The Labute approximate surface area is 191 Å². The topological polar surface area (TPSA) is 67.9 Å². The molecule has 0 aliphatic carbocycles. The zero-order valence-electron chi connectivity index (χ0n) is 17.6. The minimum atomic E-state index is -0.452. The van der Waals surface area contributed by atoms with Crippen LogP contribution >= 0.6 is 11.6 Å². The molecule has 4 rings (SSSR count). The van der Waals surface area contributed by atoms with E-state index in [9.17, 15) is 9.59 Å². The lowest BCUT2D eigenvalue weighted by molar-refractivity contribution is -0.120. The monoisotopic (exact) mass is 448 g/mol. The van der Waals surface area contributed by atoms with Gasteiger partial charge in [-0.05, 0) is 61.0 Å². The van der Waals surface area contributed by atoms with Gasteiger partial charge < -0.3 is 14.8 Å². The summed E-state index contributed by atoms with van der Waals surface area (Å²) in [6.45, 7) is 2.41. The first kappa shape index (κ1) is 21.5. The van der Waals surface area contributed by atoms with E-state index < -0.39 is 11.8 Å². The predicted molar refractivity (Wildman–Crippen MR) is 125 cm³/mol. The van der Waals surface area contributed by atoms with Crippen LogP contribution in [0, 0.1) is 0 Å². The average molecular weight is 449 g/mol. The standard InChI is InChI=1S/C25H21ClN2O4/c1-3-32-21-6-4-5-18(15-21)27-23-22(16-7-9-17(26)10-8-16)24(29)28(25(23)30)19-11-13-20(31-2)14-12-19/h4-15,27H,3H2,1-2H3. The first-order chi connectivity index (χ1) is 15.5. The van der Waals surface area contributed by atoms with Gasteiger partial charge in [-0.2, -0.15) is 0 Å². The molecule has 32 heavy (non-hydrogen) atoms. The molecule has 1 heterocycles. The van der Waals surface area contributed by atoms with E-state index in [1.807, 2.05) is 25.1 Å². The molecule has 6 nitrogen and oxygen atoms in total. The summed E-state index contributed by atoms with van der Waals surface area (Å²) in [5.41, 5.74) is 2.13. The van der Waals surface area contributed by atoms with Crippen LogP contribution in [0.3, 0.4) is 0 Å². The van der Waals surface area contributed by atoms with Gasteiger partial charge in [0.2, 0.25) is 0 Å². The molecule has 0 spiro atoms. The Balaban J connectivity index is 1.77. The Bertz CT molecular complexity index is 1190. The lowest BCUT2D eigenvalue weighted by atomic mass is 10.0. The molecule has 3 aromatic carbocycles. The van der Waals surface area contributed by atoms with Crippen LogP contribution in [-0.4, -0.2) is 25.5 Å². The number of benzene rings is 3. The van der Waals surface area contributed by atoms with Crippen LogP contribution in [0.25, 0.3) is 5.57 Å². The van der Waals surface area contributed by atoms with Crippen molar-refractivity contribution in [2.75, 3.05) is 23.9 Å². The minimum Gasteiger partial charge on any atom is -0.497 e. The van der Waals surface area contributed by atoms with E-state index in [-0.39, 0.29) is 11.3 Å². The van der Waals surface area contributed by atoms with E-state index in [4.69, 9.17) is 21.1 Å². The largest absolute Gasteiger partial charge is 0.497 e. The Kier molecular flexibility index (Phi) is 6.14. The van der Waals surface area contributed by atoms with E-state index >= 15 is 0 Å². The van der Waals surface area contributed by atoms with Gasteiger partial charge in [-0.15, -0.1) is 0 Å². The first-order valence-electron chi connectivity index (χ1n) is 10.0. The van der Waals surface area contributed by atoms with Gasteiger partial charge in [0.25, 0.3) is 11.8 Å². The smallest absolute Gasteiger partial charge is 0.282 e. The van der Waals surface area contributed by atoms with Crippen molar-refractivity contribution in [3.8, 4) is 11.5 Å². The molecule has 1 aliphatic rings. The number of anilines is 2. The van der Waals surface area contributed by atoms with Gasteiger partial charge in [-0.1, -0.05) is 29.8 Å². The molecule has 0 radical (unpaired) electrons. The third kappa shape index (κ3) is 4.18. The van der Waals surface area contributed by atoms with Crippen LogP contribution in [-0.2, 0) is 9.59 Å². The SMILES string of the molecule is CCOc1cccc(NC2=C(c3ccc(Cl)cc3)C(=O)N(c3ccc(OC)cc3)C2=O)c1. The minimum absolute atomic E-state index is 0.182. The highest BCUT2D eigenvalue weighted by atomic mass is 35.5. The Morgan fingerprint density at radius 2 is 1.62 bits per heavy atom. The molecule has 162 valence electrons. The summed E-state index contributed by atoms with van der Waals surface area (Å²) < 4.78 is 10.7. The summed E-state index contributed by atoms with van der Waals surface area (Å²) in [5.74, 6) is 0.414. The highest BCUT2D eigenvalue weighted by Crippen LogP contribution is 2.35. The van der Waals surface area contributed by atoms with Crippen LogP contribution in [0.1, 0.15) is 12.5 Å². The van der Waals surface area contributed by atoms with E-state index in [1.54, 1.807) is 61.7 Å². The number of nitrogens with one attached hydrogen (secondary N) is 1. The molecule has 2 amide bonds. The number of rotatable bonds is 7. The molecule has 0 fully saturated rings. The number of imide groups is 1. The van der Waals surface area contributed by atoms with Gasteiger partial charge in [0.1, 0.15) is 17.2 Å². The fourth-order valence-corrected chi connectivity index (χ4v) is 3.60. The highest BCUT2D eigenvalue weighted by molar-refractivity contribution is 6.46. The van der Waals surface area contributed by atoms with E-state index in [0.29, 0.717) is 40.1 Å². The third-order valence-electron chi connectivity index (χ3n) is 4.96. The summed E-state index contributed by atoms with van der Waals surface area (Å²) in [5, 5.41) is 3.67. The number of methoxy groups -OCH3 is 1. The Hall–Kier alpha value is -3.77. The second kappa shape index (κ2) is 9.16. The second-order valence-electron chi connectivity index (χ2n) is 6.99. The number of ether oxygens (including phenoxy) is 2. The predicted octanol–water partition coefficient (Wildman–Crippen LogP) is 5.14.